The lowest BCUT2D eigenvalue weighted by Crippen LogP contribution is -2.24. The largest absolute Gasteiger partial charge is 0.493 e. The smallest absolute Gasteiger partial charge is 0.420 e. The number of hydrogen-bond donors (Lipinski definition) is 2. The monoisotopic (exact) mass is 507 g/mol. The summed E-state index contributed by atoms with van der Waals surface area (Å²) < 4.78 is 56.2. The van der Waals surface area contributed by atoms with Crippen molar-refractivity contribution in [3.8, 4) is 23.3 Å². The second kappa shape index (κ2) is 11.7. The van der Waals surface area contributed by atoms with E-state index in [1.807, 2.05) is 0 Å². The van der Waals surface area contributed by atoms with Gasteiger partial charge in [-0.2, -0.15) is 23.4 Å². The maximum absolute atomic E-state index is 13.4. The molecule has 0 atom stereocenters. The summed E-state index contributed by atoms with van der Waals surface area (Å²) in [5.74, 6) is -0.751. The number of aliphatic imine (C=N–C) groups is 1. The van der Waals surface area contributed by atoms with Gasteiger partial charge in [0.1, 0.15) is 5.75 Å². The van der Waals surface area contributed by atoms with Gasteiger partial charge in [-0.15, -0.1) is 0 Å². The number of nitriles is 1. The number of amidine groups is 1. The fourth-order valence-corrected chi connectivity index (χ4v) is 3.76. The van der Waals surface area contributed by atoms with Crippen LogP contribution in [0.2, 0.25) is 0 Å². The normalized spacial score (nSPS) is 14.6. The minimum atomic E-state index is -4.73. The fraction of sp³-hybridized carbons (Fsp3) is 0.261. The van der Waals surface area contributed by atoms with E-state index in [9.17, 15) is 18.0 Å². The lowest BCUT2D eigenvalue weighted by Gasteiger charge is -2.16. The molecule has 2 aromatic rings. The summed E-state index contributed by atoms with van der Waals surface area (Å²) in [6.07, 6.45) is -3.15. The Morgan fingerprint density at radius 1 is 1.17 bits per heavy atom. The van der Waals surface area contributed by atoms with Crippen molar-refractivity contribution in [2.45, 2.75) is 6.18 Å². The van der Waals surface area contributed by atoms with Crippen LogP contribution in [0.1, 0.15) is 16.7 Å². The van der Waals surface area contributed by atoms with Crippen molar-refractivity contribution in [3.63, 3.8) is 0 Å². The van der Waals surface area contributed by atoms with Crippen LogP contribution in [0.4, 0.5) is 13.2 Å². The molecule has 2 aromatic carbocycles. The highest BCUT2D eigenvalue weighted by Gasteiger charge is 2.35. The zero-order valence-electron chi connectivity index (χ0n) is 18.4. The number of nitrogens with one attached hydrogen (secondary N) is 1. The Morgan fingerprint density at radius 2 is 1.94 bits per heavy atom. The molecule has 0 unspecified atom stereocenters. The molecule has 1 aliphatic heterocycles. The lowest BCUT2D eigenvalue weighted by atomic mass is 10.1. The number of carbonyl (C=O) groups is 1. The molecule has 0 saturated heterocycles. The highest BCUT2D eigenvalue weighted by Crippen LogP contribution is 2.41. The Bertz CT molecular complexity index is 1190. The number of aliphatic hydroxyl groups excluding tert-OH is 1. The first kappa shape index (κ1) is 26.1. The van der Waals surface area contributed by atoms with Crippen LogP contribution < -0.4 is 14.8 Å². The fourth-order valence-electron chi connectivity index (χ4n) is 2.92. The Morgan fingerprint density at radius 3 is 2.63 bits per heavy atom. The topological polar surface area (TPSA) is 113 Å². The van der Waals surface area contributed by atoms with Gasteiger partial charge in [0, 0.05) is 6.54 Å². The first-order valence-corrected chi connectivity index (χ1v) is 11.0. The van der Waals surface area contributed by atoms with Crippen molar-refractivity contribution >= 4 is 28.9 Å². The zero-order chi connectivity index (χ0) is 25.4. The molecular formula is C23H20F3N3O5S. The minimum Gasteiger partial charge on any atom is -0.493 e. The van der Waals surface area contributed by atoms with E-state index < -0.39 is 23.4 Å². The second-order valence-electron chi connectivity index (χ2n) is 6.93. The van der Waals surface area contributed by atoms with Gasteiger partial charge in [-0.1, -0.05) is 6.07 Å². The molecular weight excluding hydrogens is 487 g/mol. The summed E-state index contributed by atoms with van der Waals surface area (Å²) >= 11 is 1.13. The first-order chi connectivity index (χ1) is 16.7. The van der Waals surface area contributed by atoms with Gasteiger partial charge in [-0.05, 0) is 53.7 Å². The molecule has 0 saturated carbocycles. The van der Waals surface area contributed by atoms with E-state index >= 15 is 0 Å². The highest BCUT2D eigenvalue weighted by atomic mass is 32.2. The standard InChI is InChI=1S/C23H20F3N3O5S/c1-32-19-11-14(12-20-21(31)29-22(35-20)28-6-8-33-9-7-30)2-5-18(19)34-17-4-3-15(13-27)10-16(17)23(24,25)26/h2-5,10-12,30H,6-9H2,1H3,(H,28,29,31). The van der Waals surface area contributed by atoms with Crippen molar-refractivity contribution in [3.05, 3.63) is 58.0 Å². The van der Waals surface area contributed by atoms with Gasteiger partial charge in [0.05, 0.1) is 49.0 Å². The number of halogens is 3. The molecule has 1 amide bonds. The minimum absolute atomic E-state index is 0.0248. The van der Waals surface area contributed by atoms with E-state index in [1.54, 1.807) is 18.2 Å². The van der Waals surface area contributed by atoms with Crippen LogP contribution in [0.3, 0.4) is 0 Å². The number of amides is 1. The summed E-state index contributed by atoms with van der Waals surface area (Å²) in [5, 5.41) is 21.0. The van der Waals surface area contributed by atoms with Gasteiger partial charge in [-0.25, -0.2) is 0 Å². The Hall–Kier alpha value is -3.53. The molecule has 1 aliphatic rings. The number of nitrogens with zero attached hydrogens (tertiary/aromatic N) is 2. The van der Waals surface area contributed by atoms with Gasteiger partial charge in [0.25, 0.3) is 5.91 Å². The third-order valence-corrected chi connectivity index (χ3v) is 5.44. The first-order valence-electron chi connectivity index (χ1n) is 10.2. The van der Waals surface area contributed by atoms with Gasteiger partial charge in [0.2, 0.25) is 0 Å². The SMILES string of the molecule is COc1cc(C=C2SC(NCCOCCO)=NC2=O)ccc1Oc1ccc(C#N)cc1C(F)(F)F. The van der Waals surface area contributed by atoms with Crippen molar-refractivity contribution < 1.29 is 37.3 Å². The molecule has 0 bridgehead atoms. The zero-order valence-corrected chi connectivity index (χ0v) is 19.2. The Balaban J connectivity index is 1.75. The summed E-state index contributed by atoms with van der Waals surface area (Å²) in [7, 11) is 1.34. The van der Waals surface area contributed by atoms with E-state index in [0.29, 0.717) is 34.9 Å². The molecule has 0 spiro atoms. The second-order valence-corrected chi connectivity index (χ2v) is 7.96. The number of methoxy groups -OCH3 is 1. The van der Waals surface area contributed by atoms with E-state index in [1.165, 1.54) is 25.3 Å². The van der Waals surface area contributed by atoms with Crippen molar-refractivity contribution in [1.29, 1.82) is 5.26 Å². The van der Waals surface area contributed by atoms with E-state index in [4.69, 9.17) is 24.6 Å². The summed E-state index contributed by atoms with van der Waals surface area (Å²) in [6.45, 7) is 0.879. The van der Waals surface area contributed by atoms with Crippen LogP contribution >= 0.6 is 11.8 Å². The van der Waals surface area contributed by atoms with Crippen LogP contribution in [0.25, 0.3) is 6.08 Å². The number of hydrogen-bond acceptors (Lipinski definition) is 8. The third-order valence-electron chi connectivity index (χ3n) is 4.50. The van der Waals surface area contributed by atoms with Crippen LogP contribution in [-0.4, -0.2) is 49.7 Å². The number of ether oxygens (including phenoxy) is 3. The maximum atomic E-state index is 13.4. The number of thioether (sulfide) groups is 1. The molecule has 3 rings (SSSR count). The van der Waals surface area contributed by atoms with E-state index in [-0.39, 0.29) is 30.3 Å². The summed E-state index contributed by atoms with van der Waals surface area (Å²) in [4.78, 5) is 16.5. The molecule has 0 radical (unpaired) electrons. The van der Waals surface area contributed by atoms with Crippen molar-refractivity contribution in [2.75, 3.05) is 33.5 Å². The van der Waals surface area contributed by atoms with Crippen molar-refractivity contribution in [2.24, 2.45) is 4.99 Å². The molecule has 2 N–H and O–H groups in total. The average Bonchev–Trinajstić information content (AvgIpc) is 3.18. The molecule has 12 heteroatoms. The molecule has 184 valence electrons. The van der Waals surface area contributed by atoms with Gasteiger partial charge >= 0.3 is 6.18 Å². The molecule has 1 heterocycles. The maximum Gasteiger partial charge on any atom is 0.420 e. The van der Waals surface area contributed by atoms with E-state index in [0.717, 1.165) is 17.8 Å². The lowest BCUT2D eigenvalue weighted by molar-refractivity contribution is -0.138. The van der Waals surface area contributed by atoms with Crippen LogP contribution in [0.15, 0.2) is 46.3 Å². The van der Waals surface area contributed by atoms with Gasteiger partial charge < -0.3 is 24.6 Å². The number of rotatable bonds is 9. The predicted octanol–water partition coefficient (Wildman–Crippen LogP) is 3.95. The highest BCUT2D eigenvalue weighted by molar-refractivity contribution is 8.18. The average molecular weight is 507 g/mol. The van der Waals surface area contributed by atoms with Gasteiger partial charge in [-0.3, -0.25) is 4.79 Å². The quantitative estimate of drug-likeness (QED) is 0.388. The van der Waals surface area contributed by atoms with Crippen LogP contribution in [0.5, 0.6) is 17.2 Å². The van der Waals surface area contributed by atoms with Crippen LogP contribution in [-0.2, 0) is 15.7 Å². The molecule has 35 heavy (non-hydrogen) atoms. The summed E-state index contributed by atoms with van der Waals surface area (Å²) in [6, 6.07) is 9.19. The third kappa shape index (κ3) is 6.98. The molecule has 8 nitrogen and oxygen atoms in total. The number of carbonyl (C=O) groups excluding carboxylic acids is 1. The Kier molecular flexibility index (Phi) is 8.75. The van der Waals surface area contributed by atoms with Crippen molar-refractivity contribution in [1.82, 2.24) is 5.32 Å². The summed E-state index contributed by atoms with van der Waals surface area (Å²) in [5.41, 5.74) is -0.688. The molecule has 0 fully saturated rings. The van der Waals surface area contributed by atoms with Gasteiger partial charge in [0.15, 0.2) is 16.7 Å². The van der Waals surface area contributed by atoms with Crippen LogP contribution in [0, 0.1) is 11.3 Å². The van der Waals surface area contributed by atoms with E-state index in [2.05, 4.69) is 10.3 Å². The Labute approximate surface area is 203 Å². The number of alkyl halides is 3. The molecule has 0 aromatic heterocycles. The number of aliphatic hydroxyl groups is 1. The molecule has 0 aliphatic carbocycles. The predicted molar refractivity (Wildman–Crippen MR) is 123 cm³/mol. The number of benzene rings is 2.